The normalized spacial score (nSPS) is 20.7. The van der Waals surface area contributed by atoms with E-state index in [9.17, 15) is 13.2 Å². The summed E-state index contributed by atoms with van der Waals surface area (Å²) in [5.41, 5.74) is 0.0488. The Labute approximate surface area is 155 Å². The minimum atomic E-state index is -3.69. The van der Waals surface area contributed by atoms with E-state index in [0.29, 0.717) is 24.4 Å². The second kappa shape index (κ2) is 6.68. The van der Waals surface area contributed by atoms with Gasteiger partial charge in [0.2, 0.25) is 5.91 Å². The van der Waals surface area contributed by atoms with Gasteiger partial charge in [0, 0.05) is 18.4 Å². The Morgan fingerprint density at radius 2 is 1.88 bits per heavy atom. The average molecular weight is 378 g/mol. The lowest BCUT2D eigenvalue weighted by Gasteiger charge is -2.32. The second-order valence-electron chi connectivity index (χ2n) is 8.49. The molecule has 1 aliphatic heterocycles. The van der Waals surface area contributed by atoms with Crippen LogP contribution in [-0.2, 0) is 14.8 Å². The lowest BCUT2D eigenvalue weighted by Crippen LogP contribution is -2.43. The number of sulfonamides is 1. The van der Waals surface area contributed by atoms with Gasteiger partial charge in [-0.1, -0.05) is 25.0 Å². The van der Waals surface area contributed by atoms with Crippen molar-refractivity contribution >= 4 is 27.5 Å². The molecule has 1 saturated carbocycles. The second-order valence-corrected chi connectivity index (χ2v) is 10.1. The number of amidine groups is 1. The van der Waals surface area contributed by atoms with E-state index >= 15 is 0 Å². The largest absolute Gasteiger partial charge is 0.351 e. The highest BCUT2D eigenvalue weighted by Gasteiger charge is 2.39. The first-order valence-electron chi connectivity index (χ1n) is 9.10. The van der Waals surface area contributed by atoms with Crippen LogP contribution in [0.2, 0.25) is 0 Å². The Hall–Kier alpha value is -1.89. The van der Waals surface area contributed by atoms with E-state index in [1.165, 1.54) is 0 Å². The van der Waals surface area contributed by atoms with Crippen LogP contribution in [0.4, 0.5) is 5.69 Å². The molecule has 142 valence electrons. The zero-order valence-corrected chi connectivity index (χ0v) is 16.4. The predicted molar refractivity (Wildman–Crippen MR) is 103 cm³/mol. The number of nitrogens with zero attached hydrogens (tertiary/aromatic N) is 1. The van der Waals surface area contributed by atoms with Crippen LogP contribution in [0.3, 0.4) is 0 Å². The summed E-state index contributed by atoms with van der Waals surface area (Å²) in [5, 5.41) is 6.19. The maximum Gasteiger partial charge on any atom is 0.286 e. The van der Waals surface area contributed by atoms with Crippen molar-refractivity contribution in [2.45, 2.75) is 69.7 Å². The van der Waals surface area contributed by atoms with E-state index in [4.69, 9.17) is 0 Å². The van der Waals surface area contributed by atoms with Gasteiger partial charge in [-0.25, -0.2) is 0 Å². The van der Waals surface area contributed by atoms with E-state index in [-0.39, 0.29) is 21.8 Å². The number of anilines is 1. The molecular formula is C19H27N3O3S. The third kappa shape index (κ3) is 4.26. The van der Waals surface area contributed by atoms with E-state index in [0.717, 1.165) is 25.7 Å². The van der Waals surface area contributed by atoms with E-state index in [1.54, 1.807) is 24.3 Å². The van der Waals surface area contributed by atoms with Gasteiger partial charge in [0.25, 0.3) is 10.0 Å². The molecule has 0 spiro atoms. The van der Waals surface area contributed by atoms with E-state index < -0.39 is 10.0 Å². The van der Waals surface area contributed by atoms with Gasteiger partial charge in [0.1, 0.15) is 10.7 Å². The number of nitrogens with one attached hydrogen (secondary N) is 2. The summed E-state index contributed by atoms with van der Waals surface area (Å²) < 4.78 is 28.9. The van der Waals surface area contributed by atoms with Crippen molar-refractivity contribution in [3.8, 4) is 0 Å². The lowest BCUT2D eigenvalue weighted by atomic mass is 9.78. The van der Waals surface area contributed by atoms with E-state index in [2.05, 4.69) is 15.0 Å². The van der Waals surface area contributed by atoms with Crippen LogP contribution in [0.25, 0.3) is 0 Å². The van der Waals surface area contributed by atoms with Crippen molar-refractivity contribution in [3.05, 3.63) is 24.3 Å². The Bertz CT molecular complexity index is 832. The smallest absolute Gasteiger partial charge is 0.286 e. The summed E-state index contributed by atoms with van der Waals surface area (Å²) in [6.45, 7) is 5.88. The number of fused-ring (bicyclic) bond motifs is 1. The fraction of sp³-hybridized carbons (Fsp3) is 0.579. The third-order valence-corrected chi connectivity index (χ3v) is 6.30. The molecular weight excluding hydrogens is 350 g/mol. The summed E-state index contributed by atoms with van der Waals surface area (Å²) >= 11 is 0. The fourth-order valence-electron chi connectivity index (χ4n) is 3.94. The zero-order chi connectivity index (χ0) is 19.0. The molecule has 1 aromatic carbocycles. The van der Waals surface area contributed by atoms with Crippen LogP contribution in [0.1, 0.15) is 59.3 Å². The minimum Gasteiger partial charge on any atom is -0.351 e. The van der Waals surface area contributed by atoms with Gasteiger partial charge in [0.05, 0.1) is 5.69 Å². The van der Waals surface area contributed by atoms with Gasteiger partial charge in [-0.2, -0.15) is 8.42 Å². The molecule has 0 saturated heterocycles. The molecule has 0 radical (unpaired) electrons. The summed E-state index contributed by atoms with van der Waals surface area (Å²) in [7, 11) is -3.69. The fourth-order valence-corrected chi connectivity index (χ4v) is 5.09. The number of benzene rings is 1. The summed E-state index contributed by atoms with van der Waals surface area (Å²) in [6.07, 6.45) is 4.80. The van der Waals surface area contributed by atoms with E-state index in [1.807, 2.05) is 20.8 Å². The number of amides is 1. The molecule has 0 aromatic heterocycles. The van der Waals surface area contributed by atoms with Gasteiger partial charge >= 0.3 is 0 Å². The topological polar surface area (TPSA) is 87.6 Å². The number of para-hydroxylation sites is 1. The standard InChI is InChI=1S/C19H27N3O3S/c1-18(2,3)21-17(23)13-19(10-6-7-11-19)12-16-20-14-8-4-5-9-15(14)26(24,25)22-16/h4-5,8-9H,6-7,10-13H2,1-3H3,(H,20,22)(H,21,23). The Kier molecular flexibility index (Phi) is 4.86. The van der Waals surface area contributed by atoms with Crippen molar-refractivity contribution < 1.29 is 13.2 Å². The number of carbonyl (C=O) groups excluding carboxylic acids is 1. The maximum atomic E-state index is 12.5. The quantitative estimate of drug-likeness (QED) is 0.841. The molecule has 2 aliphatic rings. The third-order valence-electron chi connectivity index (χ3n) is 4.93. The molecule has 1 fully saturated rings. The van der Waals surface area contributed by atoms with Crippen molar-refractivity contribution in [2.75, 3.05) is 5.32 Å². The monoisotopic (exact) mass is 377 g/mol. The maximum absolute atomic E-state index is 12.5. The lowest BCUT2D eigenvalue weighted by molar-refractivity contribution is -0.124. The van der Waals surface area contributed by atoms with Crippen LogP contribution in [-0.4, -0.2) is 25.7 Å². The highest BCUT2D eigenvalue weighted by molar-refractivity contribution is 7.90. The van der Waals surface area contributed by atoms with Gasteiger partial charge in [-0.3, -0.25) is 4.79 Å². The van der Waals surface area contributed by atoms with Crippen molar-refractivity contribution in [3.63, 3.8) is 0 Å². The van der Waals surface area contributed by atoms with Gasteiger partial charge < -0.3 is 10.6 Å². The molecule has 3 rings (SSSR count). The SMILES string of the molecule is CC(C)(C)NC(=O)CC1(CC2=NS(=O)(=O)c3ccccc3N2)CCCC1. The highest BCUT2D eigenvalue weighted by Crippen LogP contribution is 2.45. The van der Waals surface area contributed by atoms with Gasteiger partial charge in [-0.05, 0) is 51.2 Å². The first-order chi connectivity index (χ1) is 12.1. The minimum absolute atomic E-state index is 0.0130. The molecule has 0 bridgehead atoms. The Balaban J connectivity index is 1.81. The molecule has 1 heterocycles. The molecule has 2 N–H and O–H groups in total. The molecule has 1 aliphatic carbocycles. The van der Waals surface area contributed by atoms with Crippen LogP contribution in [0, 0.1) is 5.41 Å². The molecule has 1 amide bonds. The van der Waals surface area contributed by atoms with Crippen LogP contribution < -0.4 is 10.6 Å². The Morgan fingerprint density at radius 1 is 1.23 bits per heavy atom. The molecule has 6 nitrogen and oxygen atoms in total. The molecule has 1 aromatic rings. The van der Waals surface area contributed by atoms with Crippen molar-refractivity contribution in [1.29, 1.82) is 0 Å². The zero-order valence-electron chi connectivity index (χ0n) is 15.6. The van der Waals surface area contributed by atoms with Gasteiger partial charge in [-0.15, -0.1) is 4.40 Å². The molecule has 7 heteroatoms. The van der Waals surface area contributed by atoms with Crippen molar-refractivity contribution in [1.82, 2.24) is 5.32 Å². The Morgan fingerprint density at radius 3 is 2.54 bits per heavy atom. The molecule has 26 heavy (non-hydrogen) atoms. The van der Waals surface area contributed by atoms with Crippen molar-refractivity contribution in [2.24, 2.45) is 9.81 Å². The predicted octanol–water partition coefficient (Wildman–Crippen LogP) is 3.45. The summed E-state index contributed by atoms with van der Waals surface area (Å²) in [5.74, 6) is 0.452. The number of carbonyl (C=O) groups is 1. The molecule has 0 unspecified atom stereocenters. The van der Waals surface area contributed by atoms with Gasteiger partial charge in [0.15, 0.2) is 0 Å². The van der Waals surface area contributed by atoms with Crippen LogP contribution in [0.5, 0.6) is 0 Å². The first kappa shape index (κ1) is 18.9. The number of hydrogen-bond donors (Lipinski definition) is 2. The number of hydrogen-bond acceptors (Lipinski definition) is 4. The van der Waals surface area contributed by atoms with Crippen LogP contribution >= 0.6 is 0 Å². The van der Waals surface area contributed by atoms with Crippen LogP contribution in [0.15, 0.2) is 33.6 Å². The highest BCUT2D eigenvalue weighted by atomic mass is 32.2. The number of rotatable bonds is 4. The summed E-state index contributed by atoms with van der Waals surface area (Å²) in [6, 6.07) is 6.79. The molecule has 0 atom stereocenters. The average Bonchev–Trinajstić information content (AvgIpc) is 2.92. The first-order valence-corrected chi connectivity index (χ1v) is 10.5. The summed E-state index contributed by atoms with van der Waals surface area (Å²) in [4.78, 5) is 12.7.